The maximum Gasteiger partial charge on any atom is 0.151 e. The fraction of sp³-hybridized carbons (Fsp3) is 0.357. The zero-order valence-electron chi connectivity index (χ0n) is 11.0. The van der Waals surface area contributed by atoms with Crippen molar-refractivity contribution in [1.82, 2.24) is 4.98 Å². The first-order chi connectivity index (χ1) is 9.44. The first-order valence-corrected chi connectivity index (χ1v) is 9.81. The Bertz CT molecular complexity index is 752. The van der Waals surface area contributed by atoms with Crippen molar-refractivity contribution in [1.29, 1.82) is 0 Å². The fourth-order valence-corrected chi connectivity index (χ4v) is 5.82. The smallest absolute Gasteiger partial charge is 0.151 e. The number of hydrogen-bond donors (Lipinski definition) is 0. The first-order valence-electron chi connectivity index (χ1n) is 6.38. The van der Waals surface area contributed by atoms with Gasteiger partial charge in [-0.15, -0.1) is 11.3 Å². The second kappa shape index (κ2) is 5.24. The Morgan fingerprint density at radius 3 is 2.85 bits per heavy atom. The second-order valence-electron chi connectivity index (χ2n) is 5.07. The summed E-state index contributed by atoms with van der Waals surface area (Å²) in [5, 5.41) is 0.957. The van der Waals surface area contributed by atoms with E-state index in [4.69, 9.17) is 4.98 Å². The molecule has 3 rings (SSSR count). The van der Waals surface area contributed by atoms with Crippen molar-refractivity contribution in [2.24, 2.45) is 0 Å². The van der Waals surface area contributed by atoms with Crippen LogP contribution in [0, 0.1) is 6.92 Å². The van der Waals surface area contributed by atoms with Gasteiger partial charge in [-0.2, -0.15) is 0 Å². The third kappa shape index (κ3) is 2.82. The predicted octanol–water partition coefficient (Wildman–Crippen LogP) is 3.78. The Kier molecular flexibility index (Phi) is 3.73. The van der Waals surface area contributed by atoms with Gasteiger partial charge in [-0.25, -0.2) is 13.4 Å². The zero-order chi connectivity index (χ0) is 14.3. The minimum atomic E-state index is -2.86. The molecule has 1 fully saturated rings. The minimum Gasteiger partial charge on any atom is -0.241 e. The molecule has 3 nitrogen and oxygen atoms in total. The van der Waals surface area contributed by atoms with E-state index in [9.17, 15) is 8.42 Å². The lowest BCUT2D eigenvalue weighted by atomic mass is 10.1. The van der Waals surface area contributed by atoms with Gasteiger partial charge >= 0.3 is 0 Å². The molecule has 106 valence electrons. The molecule has 2 heterocycles. The Labute approximate surface area is 131 Å². The topological polar surface area (TPSA) is 47.0 Å². The van der Waals surface area contributed by atoms with Gasteiger partial charge in [0.15, 0.2) is 9.84 Å². The van der Waals surface area contributed by atoms with Crippen molar-refractivity contribution in [2.45, 2.75) is 19.3 Å². The van der Waals surface area contributed by atoms with Gasteiger partial charge in [0, 0.05) is 20.8 Å². The third-order valence-corrected chi connectivity index (χ3v) is 6.89. The number of hydrogen-bond acceptors (Lipinski definition) is 4. The van der Waals surface area contributed by atoms with E-state index in [1.54, 1.807) is 11.3 Å². The first kappa shape index (κ1) is 14.2. The number of aromatic nitrogens is 1. The molecule has 0 saturated carbocycles. The fourth-order valence-electron chi connectivity index (χ4n) is 2.48. The van der Waals surface area contributed by atoms with Gasteiger partial charge in [-0.05, 0) is 25.5 Å². The van der Waals surface area contributed by atoms with Crippen LogP contribution in [0.4, 0.5) is 0 Å². The van der Waals surface area contributed by atoms with Crippen LogP contribution >= 0.6 is 27.3 Å². The second-order valence-corrected chi connectivity index (χ2v) is 9.45. The molecule has 1 aliphatic heterocycles. The predicted molar refractivity (Wildman–Crippen MR) is 86.0 cm³/mol. The molecule has 1 unspecified atom stereocenters. The summed E-state index contributed by atoms with van der Waals surface area (Å²) >= 11 is 5.09. The third-order valence-electron chi connectivity index (χ3n) is 3.49. The highest BCUT2D eigenvalue weighted by Crippen LogP contribution is 2.36. The Morgan fingerprint density at radius 1 is 1.40 bits per heavy atom. The summed E-state index contributed by atoms with van der Waals surface area (Å²) in [4.78, 5) is 5.84. The number of nitrogens with zero attached hydrogens (tertiary/aromatic N) is 1. The van der Waals surface area contributed by atoms with Gasteiger partial charge in [-0.1, -0.05) is 28.1 Å². The highest BCUT2D eigenvalue weighted by molar-refractivity contribution is 9.10. The molecule has 0 radical (unpaired) electrons. The molecule has 0 N–H and O–H groups in total. The normalized spacial score (nSPS) is 21.2. The average molecular weight is 372 g/mol. The van der Waals surface area contributed by atoms with Gasteiger partial charge in [-0.3, -0.25) is 0 Å². The van der Waals surface area contributed by atoms with Gasteiger partial charge in [0.1, 0.15) is 0 Å². The lowest BCUT2D eigenvalue weighted by molar-refractivity contribution is 0.601. The number of aryl methyl sites for hydroxylation is 1. The lowest BCUT2D eigenvalue weighted by Crippen LogP contribution is -2.03. The van der Waals surface area contributed by atoms with Crippen LogP contribution in [0.3, 0.4) is 0 Å². The number of benzene rings is 1. The van der Waals surface area contributed by atoms with Crippen LogP contribution in [0.15, 0.2) is 28.7 Å². The molecule has 0 bridgehead atoms. The van der Waals surface area contributed by atoms with Crippen molar-refractivity contribution in [3.63, 3.8) is 0 Å². The molecule has 1 saturated heterocycles. The van der Waals surface area contributed by atoms with E-state index in [0.717, 1.165) is 25.6 Å². The molecule has 6 heteroatoms. The number of rotatable bonds is 2. The molecule has 1 atom stereocenters. The largest absolute Gasteiger partial charge is 0.241 e. The van der Waals surface area contributed by atoms with Gasteiger partial charge < -0.3 is 0 Å². The van der Waals surface area contributed by atoms with Crippen molar-refractivity contribution in [3.05, 3.63) is 38.6 Å². The van der Waals surface area contributed by atoms with Crippen LogP contribution in [0.2, 0.25) is 0 Å². The molecule has 0 amide bonds. The molecule has 20 heavy (non-hydrogen) atoms. The van der Waals surface area contributed by atoms with E-state index in [1.165, 1.54) is 0 Å². The molecule has 1 aliphatic rings. The van der Waals surface area contributed by atoms with Crippen molar-refractivity contribution in [3.8, 4) is 11.3 Å². The number of thiazole rings is 1. The van der Waals surface area contributed by atoms with Crippen LogP contribution in [-0.4, -0.2) is 24.9 Å². The summed E-state index contributed by atoms with van der Waals surface area (Å²) in [6.07, 6.45) is 0.702. The highest BCUT2D eigenvalue weighted by atomic mass is 79.9. The van der Waals surface area contributed by atoms with Crippen LogP contribution in [0.5, 0.6) is 0 Å². The standard InChI is InChI=1S/C14H14BrNO2S2/c1-9-13(10-3-2-4-12(15)7-10)16-14(19-9)11-5-6-20(17,18)8-11/h2-4,7,11H,5-6,8H2,1H3. The van der Waals surface area contributed by atoms with E-state index >= 15 is 0 Å². The zero-order valence-corrected chi connectivity index (χ0v) is 14.2. The number of halogens is 1. The van der Waals surface area contributed by atoms with E-state index in [2.05, 4.69) is 15.9 Å². The maximum atomic E-state index is 11.6. The van der Waals surface area contributed by atoms with Crippen LogP contribution < -0.4 is 0 Å². The monoisotopic (exact) mass is 371 g/mol. The number of sulfone groups is 1. The summed E-state index contributed by atoms with van der Waals surface area (Å²) in [5.74, 6) is 0.616. The highest BCUT2D eigenvalue weighted by Gasteiger charge is 2.31. The SMILES string of the molecule is Cc1sc(C2CCS(=O)(=O)C2)nc1-c1cccc(Br)c1. The molecule has 1 aromatic carbocycles. The van der Waals surface area contributed by atoms with Gasteiger partial charge in [0.05, 0.1) is 22.2 Å². The van der Waals surface area contributed by atoms with E-state index in [-0.39, 0.29) is 11.7 Å². The Hall–Kier alpha value is -0.720. The van der Waals surface area contributed by atoms with Gasteiger partial charge in [0.25, 0.3) is 0 Å². The summed E-state index contributed by atoms with van der Waals surface area (Å²) in [5.41, 5.74) is 2.04. The van der Waals surface area contributed by atoms with E-state index < -0.39 is 9.84 Å². The molecule has 0 spiro atoms. The molecular weight excluding hydrogens is 358 g/mol. The van der Waals surface area contributed by atoms with Crippen molar-refractivity contribution < 1.29 is 8.42 Å². The van der Waals surface area contributed by atoms with Crippen LogP contribution in [0.25, 0.3) is 11.3 Å². The average Bonchev–Trinajstić information content (AvgIpc) is 2.92. The summed E-state index contributed by atoms with van der Waals surface area (Å²) in [6, 6.07) is 8.03. The van der Waals surface area contributed by atoms with Crippen LogP contribution in [-0.2, 0) is 9.84 Å². The Balaban J connectivity index is 1.96. The summed E-state index contributed by atoms with van der Waals surface area (Å²) < 4.78 is 24.2. The summed E-state index contributed by atoms with van der Waals surface area (Å²) in [7, 11) is -2.86. The Morgan fingerprint density at radius 2 is 2.20 bits per heavy atom. The van der Waals surface area contributed by atoms with E-state index in [0.29, 0.717) is 12.2 Å². The molecule has 0 aliphatic carbocycles. The molecular formula is C14H14BrNO2S2. The molecule has 1 aromatic heterocycles. The van der Waals surface area contributed by atoms with E-state index in [1.807, 2.05) is 31.2 Å². The van der Waals surface area contributed by atoms with Gasteiger partial charge in [0.2, 0.25) is 0 Å². The quantitative estimate of drug-likeness (QED) is 0.806. The molecule has 2 aromatic rings. The van der Waals surface area contributed by atoms with Crippen molar-refractivity contribution in [2.75, 3.05) is 11.5 Å². The van der Waals surface area contributed by atoms with Crippen LogP contribution in [0.1, 0.15) is 22.2 Å². The minimum absolute atomic E-state index is 0.0737. The van der Waals surface area contributed by atoms with Crippen molar-refractivity contribution >= 4 is 37.1 Å². The summed E-state index contributed by atoms with van der Waals surface area (Å²) in [6.45, 7) is 2.04. The lowest BCUT2D eigenvalue weighted by Gasteiger charge is -2.02. The maximum absolute atomic E-state index is 11.6.